The highest BCUT2D eigenvalue weighted by molar-refractivity contribution is 7.99. The molecule has 3 aromatic rings. The minimum absolute atomic E-state index is 0.0326. The Bertz CT molecular complexity index is 1180. The van der Waals surface area contributed by atoms with Gasteiger partial charge in [0.05, 0.1) is 11.4 Å². The van der Waals surface area contributed by atoms with Crippen LogP contribution in [-0.4, -0.2) is 39.3 Å². The molecule has 164 valence electrons. The van der Waals surface area contributed by atoms with Crippen molar-refractivity contribution in [1.82, 2.24) is 14.5 Å². The van der Waals surface area contributed by atoms with Crippen molar-refractivity contribution in [2.24, 2.45) is 0 Å². The molecular weight excluding hydrogens is 461 g/mol. The Morgan fingerprint density at radius 1 is 1.39 bits per heavy atom. The van der Waals surface area contributed by atoms with Crippen molar-refractivity contribution in [3.05, 3.63) is 52.0 Å². The highest BCUT2D eigenvalue weighted by Gasteiger charge is 2.18. The molecule has 0 atom stereocenters. The average Bonchev–Trinajstić information content (AvgIpc) is 3.16. The van der Waals surface area contributed by atoms with Crippen LogP contribution < -0.4 is 15.8 Å². The smallest absolute Gasteiger partial charge is 0.274 e. The number of hydrogen-bond acceptors (Lipinski definition) is 7. The van der Waals surface area contributed by atoms with Gasteiger partial charge in [-0.25, -0.2) is 9.37 Å². The fraction of sp³-hybridized carbons (Fsp3) is 0.300. The summed E-state index contributed by atoms with van der Waals surface area (Å²) in [4.78, 5) is 36.4. The summed E-state index contributed by atoms with van der Waals surface area (Å²) in [5.41, 5.74) is 0.154. The number of amides is 1. The molecule has 0 radical (unpaired) electrons. The van der Waals surface area contributed by atoms with E-state index in [0.717, 1.165) is 36.0 Å². The molecule has 0 saturated heterocycles. The summed E-state index contributed by atoms with van der Waals surface area (Å²) in [6.45, 7) is 9.50. The van der Waals surface area contributed by atoms with E-state index in [9.17, 15) is 14.0 Å². The zero-order chi connectivity index (χ0) is 22.5. The van der Waals surface area contributed by atoms with Crippen LogP contribution in [0.5, 0.6) is 0 Å². The lowest BCUT2D eigenvalue weighted by molar-refractivity contribution is -0.113. The van der Waals surface area contributed by atoms with Gasteiger partial charge >= 0.3 is 0 Å². The number of thioether (sulfide) groups is 1. The van der Waals surface area contributed by atoms with Gasteiger partial charge in [0.2, 0.25) is 5.91 Å². The van der Waals surface area contributed by atoms with E-state index in [1.165, 1.54) is 28.0 Å². The molecule has 0 aliphatic heterocycles. The van der Waals surface area contributed by atoms with Gasteiger partial charge in [0, 0.05) is 24.7 Å². The Kier molecular flexibility index (Phi) is 7.69. The summed E-state index contributed by atoms with van der Waals surface area (Å²) in [5.74, 6) is -1.13. The first-order valence-corrected chi connectivity index (χ1v) is 11.7. The molecule has 1 N–H and O–H groups in total. The van der Waals surface area contributed by atoms with Gasteiger partial charge in [-0.15, -0.1) is 6.58 Å². The van der Waals surface area contributed by atoms with Crippen LogP contribution in [0.4, 0.5) is 15.2 Å². The lowest BCUT2D eigenvalue weighted by atomic mass is 10.3. The molecule has 3 rings (SSSR count). The molecule has 2 aromatic heterocycles. The molecule has 0 fully saturated rings. The predicted molar refractivity (Wildman–Crippen MR) is 126 cm³/mol. The van der Waals surface area contributed by atoms with Crippen molar-refractivity contribution < 1.29 is 9.18 Å². The van der Waals surface area contributed by atoms with E-state index in [1.807, 2.05) is 18.7 Å². The van der Waals surface area contributed by atoms with Gasteiger partial charge in [-0.1, -0.05) is 40.8 Å². The fourth-order valence-electron chi connectivity index (χ4n) is 2.81. The quantitative estimate of drug-likeness (QED) is 0.277. The highest BCUT2D eigenvalue weighted by Crippen LogP contribution is 2.27. The predicted octanol–water partition coefficient (Wildman–Crippen LogP) is 4.41. The van der Waals surface area contributed by atoms with Gasteiger partial charge in [-0.2, -0.15) is 4.98 Å². The molecule has 11 heteroatoms. The second-order valence-electron chi connectivity index (χ2n) is 6.38. The van der Waals surface area contributed by atoms with Crippen molar-refractivity contribution in [2.45, 2.75) is 25.5 Å². The van der Waals surface area contributed by atoms with Crippen molar-refractivity contribution in [1.29, 1.82) is 0 Å². The molecule has 0 unspecified atom stereocenters. The Labute approximate surface area is 191 Å². The zero-order valence-corrected chi connectivity index (χ0v) is 19.4. The van der Waals surface area contributed by atoms with Crippen LogP contribution in [-0.2, 0) is 11.3 Å². The number of allylic oxidation sites excluding steroid dienone is 1. The van der Waals surface area contributed by atoms with Crippen LogP contribution >= 0.6 is 34.7 Å². The van der Waals surface area contributed by atoms with Crippen molar-refractivity contribution in [3.63, 3.8) is 0 Å². The molecule has 1 aromatic carbocycles. The number of rotatable bonds is 9. The first-order chi connectivity index (χ1) is 14.9. The van der Waals surface area contributed by atoms with Crippen molar-refractivity contribution in [2.75, 3.05) is 29.1 Å². The van der Waals surface area contributed by atoms with Crippen LogP contribution in [0.15, 0.2) is 40.8 Å². The Morgan fingerprint density at radius 2 is 2.13 bits per heavy atom. The summed E-state index contributed by atoms with van der Waals surface area (Å²) in [5, 5.41) is 3.81. The molecular formula is C20H21ClFN5O2S2. The molecule has 2 heterocycles. The van der Waals surface area contributed by atoms with Gasteiger partial charge in [0.1, 0.15) is 10.5 Å². The van der Waals surface area contributed by atoms with E-state index in [1.54, 1.807) is 6.08 Å². The molecule has 0 aliphatic carbocycles. The molecule has 7 nitrogen and oxygen atoms in total. The average molecular weight is 482 g/mol. The maximum atomic E-state index is 13.9. The number of benzene rings is 1. The Hall–Kier alpha value is -2.43. The number of halogens is 2. The number of carbonyl (C=O) groups is 1. The van der Waals surface area contributed by atoms with Crippen molar-refractivity contribution >= 4 is 61.8 Å². The van der Waals surface area contributed by atoms with E-state index in [0.29, 0.717) is 15.5 Å². The zero-order valence-electron chi connectivity index (χ0n) is 17.0. The third-order valence-corrected chi connectivity index (χ3v) is 6.66. The maximum Gasteiger partial charge on any atom is 0.274 e. The van der Waals surface area contributed by atoms with E-state index < -0.39 is 11.7 Å². The fourth-order valence-corrected chi connectivity index (χ4v) is 4.85. The summed E-state index contributed by atoms with van der Waals surface area (Å²) in [7, 11) is 0. The second-order valence-corrected chi connectivity index (χ2v) is 8.74. The lowest BCUT2D eigenvalue weighted by Crippen LogP contribution is -2.23. The molecule has 0 aliphatic rings. The highest BCUT2D eigenvalue weighted by atomic mass is 35.5. The number of anilines is 2. The third-order valence-electron chi connectivity index (χ3n) is 4.35. The minimum atomic E-state index is -0.625. The van der Waals surface area contributed by atoms with Crippen LogP contribution in [0.2, 0.25) is 5.02 Å². The van der Waals surface area contributed by atoms with Crippen molar-refractivity contribution in [3.8, 4) is 0 Å². The minimum Gasteiger partial charge on any atom is -0.349 e. The van der Waals surface area contributed by atoms with Gasteiger partial charge in [-0.05, 0) is 32.0 Å². The van der Waals surface area contributed by atoms with Gasteiger partial charge in [0.15, 0.2) is 15.9 Å². The normalized spacial score (nSPS) is 11.0. The Balaban J connectivity index is 1.86. The molecule has 31 heavy (non-hydrogen) atoms. The van der Waals surface area contributed by atoms with Gasteiger partial charge in [-0.3, -0.25) is 14.2 Å². The first kappa shape index (κ1) is 23.2. The van der Waals surface area contributed by atoms with Gasteiger partial charge < -0.3 is 10.2 Å². The lowest BCUT2D eigenvalue weighted by Gasteiger charge is -2.15. The molecule has 0 spiro atoms. The van der Waals surface area contributed by atoms with Crippen LogP contribution in [0, 0.1) is 5.82 Å². The summed E-state index contributed by atoms with van der Waals surface area (Å²) in [6.07, 6.45) is 1.59. The SMILES string of the molecule is C=CCn1c(SCC(=O)Nc2ccc(Cl)cc2F)nc2nc(N(CC)CC)sc2c1=O. The first-order valence-electron chi connectivity index (χ1n) is 9.52. The molecule has 0 saturated carbocycles. The maximum absolute atomic E-state index is 13.9. The van der Waals surface area contributed by atoms with E-state index >= 15 is 0 Å². The summed E-state index contributed by atoms with van der Waals surface area (Å²) < 4.78 is 15.8. The van der Waals surface area contributed by atoms with E-state index in [-0.39, 0.29) is 28.6 Å². The number of hydrogen-bond donors (Lipinski definition) is 1. The van der Waals surface area contributed by atoms with Crippen LogP contribution in [0.3, 0.4) is 0 Å². The van der Waals surface area contributed by atoms with Gasteiger partial charge in [0.25, 0.3) is 5.56 Å². The topological polar surface area (TPSA) is 80.1 Å². The number of nitrogens with one attached hydrogen (secondary N) is 1. The van der Waals surface area contributed by atoms with E-state index in [2.05, 4.69) is 21.9 Å². The number of aromatic nitrogens is 3. The largest absolute Gasteiger partial charge is 0.349 e. The molecule has 0 bridgehead atoms. The van der Waals surface area contributed by atoms with E-state index in [4.69, 9.17) is 11.6 Å². The monoisotopic (exact) mass is 481 g/mol. The summed E-state index contributed by atoms with van der Waals surface area (Å²) in [6, 6.07) is 4.00. The summed E-state index contributed by atoms with van der Waals surface area (Å²) >= 11 is 8.11. The van der Waals surface area contributed by atoms with Crippen LogP contribution in [0.25, 0.3) is 10.3 Å². The number of carbonyl (C=O) groups excluding carboxylic acids is 1. The number of fused-ring (bicyclic) bond motifs is 1. The van der Waals surface area contributed by atoms with Crippen LogP contribution in [0.1, 0.15) is 13.8 Å². The third kappa shape index (κ3) is 5.25. The second kappa shape index (κ2) is 10.3. The Morgan fingerprint density at radius 3 is 2.77 bits per heavy atom. The number of nitrogens with zero attached hydrogens (tertiary/aromatic N) is 4. The number of thiazole rings is 1. The molecule has 1 amide bonds. The standard InChI is InChI=1S/C20H21ClFN5O2S2/c1-4-9-27-18(29)16-17(24-19(31-16)26(5-2)6-3)25-20(27)30-11-15(28)23-14-8-7-12(21)10-13(14)22/h4,7-8,10H,1,5-6,9,11H2,2-3H3,(H,23,28).